The van der Waals surface area contributed by atoms with Crippen molar-refractivity contribution in [3.8, 4) is 0 Å². The third-order valence-corrected chi connectivity index (χ3v) is 2.80. The lowest BCUT2D eigenvalue weighted by Gasteiger charge is -2.34. The zero-order valence-electron chi connectivity index (χ0n) is 8.98. The van der Waals surface area contributed by atoms with Crippen molar-refractivity contribution in [1.82, 2.24) is 4.90 Å². The van der Waals surface area contributed by atoms with E-state index < -0.39 is 12.5 Å². The maximum atomic E-state index is 12.8. The van der Waals surface area contributed by atoms with Crippen molar-refractivity contribution < 1.29 is 13.5 Å². The topological polar surface area (TPSA) is 12.5 Å². The quantitative estimate of drug-likeness (QED) is 0.784. The molecule has 16 heavy (non-hydrogen) atoms. The van der Waals surface area contributed by atoms with Crippen LogP contribution in [-0.2, 0) is 11.3 Å². The van der Waals surface area contributed by atoms with Crippen molar-refractivity contribution in [2.75, 3.05) is 19.8 Å². The normalized spacial score (nSPS) is 22.6. The Morgan fingerprint density at radius 2 is 2.06 bits per heavy atom. The fourth-order valence-corrected chi connectivity index (χ4v) is 1.90. The minimum Gasteiger partial charge on any atom is -0.378 e. The van der Waals surface area contributed by atoms with Gasteiger partial charge in [0.1, 0.15) is 0 Å². The van der Waals surface area contributed by atoms with E-state index in [0.717, 1.165) is 5.56 Å². The molecule has 0 spiro atoms. The second-order valence-corrected chi connectivity index (χ2v) is 3.93. The van der Waals surface area contributed by atoms with E-state index in [1.165, 1.54) is 0 Å². The highest BCUT2D eigenvalue weighted by atomic mass is 19.3. The third kappa shape index (κ3) is 2.77. The fraction of sp³-hybridized carbons (Fsp3) is 0.500. The first-order chi connectivity index (χ1) is 7.77. The minimum atomic E-state index is -2.34. The Morgan fingerprint density at radius 1 is 1.31 bits per heavy atom. The first-order valence-electron chi connectivity index (χ1n) is 5.41. The lowest BCUT2D eigenvalue weighted by molar-refractivity contribution is -0.0743. The van der Waals surface area contributed by atoms with Gasteiger partial charge in [0.05, 0.1) is 19.3 Å². The molecule has 2 nitrogen and oxygen atoms in total. The average molecular weight is 227 g/mol. The summed E-state index contributed by atoms with van der Waals surface area (Å²) in [5, 5.41) is 0. The Kier molecular flexibility index (Phi) is 3.85. The zero-order chi connectivity index (χ0) is 11.4. The molecule has 0 bridgehead atoms. The van der Waals surface area contributed by atoms with E-state index in [-0.39, 0.29) is 6.61 Å². The van der Waals surface area contributed by atoms with Crippen molar-refractivity contribution in [3.05, 3.63) is 35.9 Å². The number of rotatable bonds is 3. The zero-order valence-corrected chi connectivity index (χ0v) is 8.98. The van der Waals surface area contributed by atoms with E-state index in [9.17, 15) is 8.78 Å². The van der Waals surface area contributed by atoms with Gasteiger partial charge in [-0.05, 0) is 5.56 Å². The van der Waals surface area contributed by atoms with E-state index >= 15 is 0 Å². The van der Waals surface area contributed by atoms with Gasteiger partial charge in [-0.25, -0.2) is 8.78 Å². The summed E-state index contributed by atoms with van der Waals surface area (Å²) in [6.07, 6.45) is -2.34. The highest BCUT2D eigenvalue weighted by Gasteiger charge is 2.30. The van der Waals surface area contributed by atoms with Crippen LogP contribution in [0.2, 0.25) is 0 Å². The van der Waals surface area contributed by atoms with Gasteiger partial charge in [-0.3, -0.25) is 4.90 Å². The molecule has 1 unspecified atom stereocenters. The second kappa shape index (κ2) is 5.37. The van der Waals surface area contributed by atoms with Gasteiger partial charge in [-0.2, -0.15) is 0 Å². The molecule has 88 valence electrons. The van der Waals surface area contributed by atoms with Gasteiger partial charge in [0.15, 0.2) is 0 Å². The van der Waals surface area contributed by atoms with Crippen LogP contribution in [0.1, 0.15) is 5.56 Å². The summed E-state index contributed by atoms with van der Waals surface area (Å²) in [6, 6.07) is 8.91. The minimum absolute atomic E-state index is 0.129. The maximum absolute atomic E-state index is 12.8. The van der Waals surface area contributed by atoms with E-state index in [0.29, 0.717) is 19.7 Å². The first-order valence-corrected chi connectivity index (χ1v) is 5.41. The number of ether oxygens (including phenoxy) is 1. The second-order valence-electron chi connectivity index (χ2n) is 3.93. The van der Waals surface area contributed by atoms with Crippen LogP contribution in [0.3, 0.4) is 0 Å². The number of halogens is 2. The van der Waals surface area contributed by atoms with Crippen LogP contribution >= 0.6 is 0 Å². The van der Waals surface area contributed by atoms with Crippen molar-refractivity contribution >= 4 is 0 Å². The van der Waals surface area contributed by atoms with Crippen LogP contribution in [0.5, 0.6) is 0 Å². The predicted octanol–water partition coefficient (Wildman–Crippen LogP) is 2.15. The standard InChI is InChI=1S/C12H15F2NO/c13-12(14)11-9-16-7-6-15(11)8-10-4-2-1-3-5-10/h1-5,11-12H,6-9H2. The number of hydrogen-bond donors (Lipinski definition) is 0. The smallest absolute Gasteiger partial charge is 0.256 e. The summed E-state index contributed by atoms with van der Waals surface area (Å²) in [4.78, 5) is 1.80. The van der Waals surface area contributed by atoms with Gasteiger partial charge in [0.2, 0.25) is 0 Å². The van der Waals surface area contributed by atoms with E-state index in [4.69, 9.17) is 4.74 Å². The molecule has 1 aliphatic heterocycles. The molecule has 0 aliphatic carbocycles. The van der Waals surface area contributed by atoms with Gasteiger partial charge in [0.25, 0.3) is 6.43 Å². The highest BCUT2D eigenvalue weighted by Crippen LogP contribution is 2.17. The molecular formula is C12H15F2NO. The van der Waals surface area contributed by atoms with Crippen molar-refractivity contribution in [3.63, 3.8) is 0 Å². The van der Waals surface area contributed by atoms with Gasteiger partial charge >= 0.3 is 0 Å². The number of hydrogen-bond acceptors (Lipinski definition) is 2. The van der Waals surface area contributed by atoms with E-state index in [1.807, 2.05) is 30.3 Å². The fourth-order valence-electron chi connectivity index (χ4n) is 1.90. The van der Waals surface area contributed by atoms with Crippen molar-refractivity contribution in [1.29, 1.82) is 0 Å². The summed E-state index contributed by atoms with van der Waals surface area (Å²) in [6.45, 7) is 1.81. The van der Waals surface area contributed by atoms with Crippen molar-refractivity contribution in [2.24, 2.45) is 0 Å². The number of nitrogens with zero attached hydrogens (tertiary/aromatic N) is 1. The van der Waals surface area contributed by atoms with Crippen LogP contribution < -0.4 is 0 Å². The SMILES string of the molecule is FC(F)C1COCCN1Cc1ccccc1. The maximum Gasteiger partial charge on any atom is 0.256 e. The molecule has 1 aromatic carbocycles. The number of morpholine rings is 1. The summed E-state index contributed by atoms with van der Waals surface area (Å²) in [5.74, 6) is 0. The number of benzene rings is 1. The first kappa shape index (κ1) is 11.5. The monoisotopic (exact) mass is 227 g/mol. The molecule has 2 rings (SSSR count). The molecule has 1 heterocycles. The summed E-state index contributed by atoms with van der Waals surface area (Å²) >= 11 is 0. The lowest BCUT2D eigenvalue weighted by Crippen LogP contribution is -2.48. The summed E-state index contributed by atoms with van der Waals surface area (Å²) in [5.41, 5.74) is 1.06. The third-order valence-electron chi connectivity index (χ3n) is 2.80. The Bertz CT molecular complexity index is 318. The van der Waals surface area contributed by atoms with Crippen LogP contribution in [0, 0.1) is 0 Å². The predicted molar refractivity (Wildman–Crippen MR) is 57.5 cm³/mol. The van der Waals surface area contributed by atoms with Crippen LogP contribution in [-0.4, -0.2) is 37.1 Å². The molecule has 0 N–H and O–H groups in total. The molecular weight excluding hydrogens is 212 g/mol. The summed E-state index contributed by atoms with van der Waals surface area (Å²) in [7, 11) is 0. The van der Waals surface area contributed by atoms with Gasteiger partial charge in [-0.1, -0.05) is 30.3 Å². The van der Waals surface area contributed by atoms with E-state index in [2.05, 4.69) is 0 Å². The molecule has 1 fully saturated rings. The Labute approximate surface area is 93.8 Å². The van der Waals surface area contributed by atoms with Crippen molar-refractivity contribution in [2.45, 2.75) is 19.0 Å². The molecule has 0 aromatic heterocycles. The molecule has 0 saturated carbocycles. The molecule has 4 heteroatoms. The van der Waals surface area contributed by atoms with Gasteiger partial charge in [-0.15, -0.1) is 0 Å². The molecule has 0 radical (unpaired) electrons. The lowest BCUT2D eigenvalue weighted by atomic mass is 10.1. The largest absolute Gasteiger partial charge is 0.378 e. The average Bonchev–Trinajstić information content (AvgIpc) is 2.31. The Hall–Kier alpha value is -1.00. The Morgan fingerprint density at radius 3 is 2.75 bits per heavy atom. The molecule has 1 saturated heterocycles. The molecule has 1 aromatic rings. The number of alkyl halides is 2. The van der Waals surface area contributed by atoms with Gasteiger partial charge in [0, 0.05) is 13.1 Å². The highest BCUT2D eigenvalue weighted by molar-refractivity contribution is 5.14. The summed E-state index contributed by atoms with van der Waals surface area (Å²) < 4.78 is 30.6. The Balaban J connectivity index is 2.01. The molecule has 1 atom stereocenters. The molecule has 0 amide bonds. The van der Waals surface area contributed by atoms with Crippen LogP contribution in [0.4, 0.5) is 8.78 Å². The van der Waals surface area contributed by atoms with E-state index in [1.54, 1.807) is 4.90 Å². The van der Waals surface area contributed by atoms with Crippen LogP contribution in [0.15, 0.2) is 30.3 Å². The molecule has 1 aliphatic rings. The van der Waals surface area contributed by atoms with Crippen LogP contribution in [0.25, 0.3) is 0 Å². The van der Waals surface area contributed by atoms with Gasteiger partial charge < -0.3 is 4.74 Å².